The van der Waals surface area contributed by atoms with E-state index in [1.54, 1.807) is 6.07 Å². The van der Waals surface area contributed by atoms with E-state index in [1.165, 1.54) is 28.0 Å². The van der Waals surface area contributed by atoms with Gasteiger partial charge in [-0.2, -0.15) is 0 Å². The molecule has 3 aliphatic rings. The molecule has 2 aromatic carbocycles. The fraction of sp³-hybridized carbons (Fsp3) is 0.280. The number of carbonyl (C=O) groups is 3. The van der Waals surface area contributed by atoms with Crippen LogP contribution in [-0.2, 0) is 14.4 Å². The number of anilines is 2. The molecule has 0 spiro atoms. The Morgan fingerprint density at radius 3 is 2.58 bits per heavy atom. The molecule has 1 saturated carbocycles. The van der Waals surface area contributed by atoms with E-state index in [0.717, 1.165) is 32.2 Å². The third-order valence-corrected chi connectivity index (χ3v) is 8.99. The zero-order valence-corrected chi connectivity index (χ0v) is 19.5. The molecule has 1 saturated heterocycles. The molecule has 1 aliphatic heterocycles. The van der Waals surface area contributed by atoms with Gasteiger partial charge in [0.2, 0.25) is 17.7 Å². The van der Waals surface area contributed by atoms with Crippen molar-refractivity contribution in [2.24, 2.45) is 23.7 Å². The van der Waals surface area contributed by atoms with E-state index < -0.39 is 0 Å². The Bertz CT molecular complexity index is 1320. The second-order valence-electron chi connectivity index (χ2n) is 8.80. The Kier molecular flexibility index (Phi) is 4.88. The van der Waals surface area contributed by atoms with Crippen LogP contribution in [-0.4, -0.2) is 28.5 Å². The number of nitrogens with zero attached hydrogens (tertiary/aromatic N) is 2. The summed E-state index contributed by atoms with van der Waals surface area (Å²) in [5.74, 6) is -0.00274. The minimum absolute atomic E-state index is 0.0757. The zero-order chi connectivity index (χ0) is 22.7. The Hall–Kier alpha value is -2.97. The number of allylic oxidation sites excluding steroid dienone is 2. The maximum absolute atomic E-state index is 13.1. The van der Waals surface area contributed by atoms with Crippen molar-refractivity contribution >= 4 is 62.4 Å². The molecule has 0 radical (unpaired) electrons. The van der Waals surface area contributed by atoms with Crippen LogP contribution in [0, 0.1) is 30.6 Å². The van der Waals surface area contributed by atoms with Crippen molar-refractivity contribution in [3.63, 3.8) is 0 Å². The van der Waals surface area contributed by atoms with Crippen molar-refractivity contribution in [1.29, 1.82) is 0 Å². The topological polar surface area (TPSA) is 79.4 Å². The maximum Gasteiger partial charge on any atom is 0.238 e. The van der Waals surface area contributed by atoms with Gasteiger partial charge in [-0.25, -0.2) is 9.88 Å². The van der Waals surface area contributed by atoms with Crippen molar-refractivity contribution in [1.82, 2.24) is 4.98 Å². The lowest BCUT2D eigenvalue weighted by Crippen LogP contribution is -2.32. The number of hydrogen-bond acceptors (Lipinski definition) is 6. The molecule has 6 nitrogen and oxygen atoms in total. The standard InChI is InChI=1S/C25H21N3O3S2/c1-13-4-2-3-5-17(13)26-20(29)12-32-25-27-18-9-8-16(11-19(18)33-25)28-23(30)21-14-6-7-15(10-14)22(21)24(28)31/h2-9,11,14-15,21-22H,10,12H2,1H3,(H,26,29)/t14-,15-,21-,22+/m0/s1. The predicted molar refractivity (Wildman–Crippen MR) is 130 cm³/mol. The van der Waals surface area contributed by atoms with E-state index in [4.69, 9.17) is 0 Å². The number of carbonyl (C=O) groups excluding carboxylic acids is 3. The third kappa shape index (κ3) is 3.40. The van der Waals surface area contributed by atoms with E-state index in [9.17, 15) is 14.4 Å². The summed E-state index contributed by atoms with van der Waals surface area (Å²) in [5, 5.41) is 2.93. The molecule has 6 rings (SSSR count). The van der Waals surface area contributed by atoms with E-state index in [-0.39, 0.29) is 47.1 Å². The van der Waals surface area contributed by atoms with E-state index in [2.05, 4.69) is 22.5 Å². The van der Waals surface area contributed by atoms with E-state index in [1.807, 2.05) is 43.3 Å². The first kappa shape index (κ1) is 20.6. The van der Waals surface area contributed by atoms with Crippen LogP contribution >= 0.6 is 23.1 Å². The normalized spacial score (nSPS) is 25.3. The fourth-order valence-electron chi connectivity index (χ4n) is 5.28. The molecule has 3 aromatic rings. The first-order chi connectivity index (χ1) is 16.0. The lowest BCUT2D eigenvalue weighted by atomic mass is 9.85. The lowest BCUT2D eigenvalue weighted by Gasteiger charge is -2.17. The Morgan fingerprint density at radius 2 is 1.85 bits per heavy atom. The number of thioether (sulfide) groups is 1. The molecule has 3 amide bonds. The highest BCUT2D eigenvalue weighted by Gasteiger charge is 2.59. The van der Waals surface area contributed by atoms with Crippen molar-refractivity contribution in [2.75, 3.05) is 16.0 Å². The number of aryl methyl sites for hydroxylation is 1. The molecule has 2 heterocycles. The molecular weight excluding hydrogens is 454 g/mol. The number of amides is 3. The highest BCUT2D eigenvalue weighted by atomic mass is 32.2. The summed E-state index contributed by atoms with van der Waals surface area (Å²) in [6.07, 6.45) is 5.13. The highest BCUT2D eigenvalue weighted by Crippen LogP contribution is 2.53. The van der Waals surface area contributed by atoms with Gasteiger partial charge >= 0.3 is 0 Å². The van der Waals surface area contributed by atoms with Gasteiger partial charge in [-0.3, -0.25) is 14.4 Å². The number of para-hydroxylation sites is 1. The van der Waals surface area contributed by atoms with Crippen molar-refractivity contribution < 1.29 is 14.4 Å². The van der Waals surface area contributed by atoms with Gasteiger partial charge < -0.3 is 5.32 Å². The number of aromatic nitrogens is 1. The zero-order valence-electron chi connectivity index (χ0n) is 17.9. The monoisotopic (exact) mass is 475 g/mol. The predicted octanol–water partition coefficient (Wildman–Crippen LogP) is 4.65. The van der Waals surface area contributed by atoms with Crippen molar-refractivity contribution in [3.05, 3.63) is 60.2 Å². The van der Waals surface area contributed by atoms with Crippen LogP contribution < -0.4 is 10.2 Å². The third-order valence-electron chi connectivity index (χ3n) is 6.83. The number of hydrogen-bond donors (Lipinski definition) is 1. The average Bonchev–Trinajstić information content (AvgIpc) is 3.56. The van der Waals surface area contributed by atoms with Crippen LogP contribution in [0.1, 0.15) is 12.0 Å². The van der Waals surface area contributed by atoms with Crippen LogP contribution in [0.25, 0.3) is 10.2 Å². The first-order valence-electron chi connectivity index (χ1n) is 10.9. The minimum atomic E-state index is -0.206. The fourth-order valence-corrected chi connectivity index (χ4v) is 7.18. The first-order valence-corrected chi connectivity index (χ1v) is 12.7. The van der Waals surface area contributed by atoms with Gasteiger partial charge in [-0.15, -0.1) is 11.3 Å². The van der Waals surface area contributed by atoms with Crippen LogP contribution in [0.2, 0.25) is 0 Å². The number of thiazole rings is 1. The average molecular weight is 476 g/mol. The number of imide groups is 1. The summed E-state index contributed by atoms with van der Waals surface area (Å²) in [4.78, 5) is 44.5. The molecular formula is C25H21N3O3S2. The van der Waals surface area contributed by atoms with Crippen LogP contribution in [0.5, 0.6) is 0 Å². The summed E-state index contributed by atoms with van der Waals surface area (Å²) in [7, 11) is 0. The summed E-state index contributed by atoms with van der Waals surface area (Å²) >= 11 is 2.85. The lowest BCUT2D eigenvalue weighted by molar-refractivity contribution is -0.123. The summed E-state index contributed by atoms with van der Waals surface area (Å²) in [6, 6.07) is 13.2. The minimum Gasteiger partial charge on any atom is -0.325 e. The van der Waals surface area contributed by atoms with Gasteiger partial charge in [-0.05, 0) is 55.0 Å². The number of nitrogens with one attached hydrogen (secondary N) is 1. The molecule has 1 aromatic heterocycles. The van der Waals surface area contributed by atoms with Crippen LogP contribution in [0.15, 0.2) is 59.0 Å². The van der Waals surface area contributed by atoms with Gasteiger partial charge in [0.05, 0.1) is 33.5 Å². The molecule has 2 aliphatic carbocycles. The van der Waals surface area contributed by atoms with Gasteiger partial charge in [0.25, 0.3) is 0 Å². The Balaban J connectivity index is 1.17. The summed E-state index contributed by atoms with van der Waals surface area (Å²) < 4.78 is 1.67. The number of benzene rings is 2. The maximum atomic E-state index is 13.1. The van der Waals surface area contributed by atoms with E-state index >= 15 is 0 Å². The SMILES string of the molecule is Cc1ccccc1NC(=O)CSc1nc2ccc(N3C(=O)[C@@H]4[C@H](C3=O)[C@H]3C=C[C@H]4C3)cc2s1. The number of rotatable bonds is 5. The van der Waals surface area contributed by atoms with E-state index in [0.29, 0.717) is 5.69 Å². The Morgan fingerprint density at radius 1 is 1.12 bits per heavy atom. The van der Waals surface area contributed by atoms with Gasteiger partial charge in [0.15, 0.2) is 4.34 Å². The van der Waals surface area contributed by atoms with Gasteiger partial charge in [-0.1, -0.05) is 42.1 Å². The molecule has 0 unspecified atom stereocenters. The summed E-state index contributed by atoms with van der Waals surface area (Å²) in [5.41, 5.74) is 3.24. The molecule has 2 bridgehead atoms. The molecule has 1 N–H and O–H groups in total. The van der Waals surface area contributed by atoms with Crippen molar-refractivity contribution in [2.45, 2.75) is 17.7 Å². The highest BCUT2D eigenvalue weighted by molar-refractivity contribution is 8.01. The number of fused-ring (bicyclic) bond motifs is 6. The Labute approximate surface area is 199 Å². The van der Waals surface area contributed by atoms with Crippen LogP contribution in [0.4, 0.5) is 11.4 Å². The molecule has 166 valence electrons. The molecule has 2 fully saturated rings. The summed E-state index contributed by atoms with van der Waals surface area (Å²) in [6.45, 7) is 1.96. The van der Waals surface area contributed by atoms with Crippen LogP contribution in [0.3, 0.4) is 0 Å². The van der Waals surface area contributed by atoms with Gasteiger partial charge in [0.1, 0.15) is 0 Å². The molecule has 8 heteroatoms. The smallest absolute Gasteiger partial charge is 0.238 e. The molecule has 4 atom stereocenters. The second-order valence-corrected chi connectivity index (χ2v) is 11.0. The largest absolute Gasteiger partial charge is 0.325 e. The quantitative estimate of drug-likeness (QED) is 0.330. The van der Waals surface area contributed by atoms with Gasteiger partial charge in [0, 0.05) is 5.69 Å². The van der Waals surface area contributed by atoms with Crippen molar-refractivity contribution in [3.8, 4) is 0 Å². The molecule has 33 heavy (non-hydrogen) atoms. The second kappa shape index (κ2) is 7.81.